The van der Waals surface area contributed by atoms with Gasteiger partial charge in [0.05, 0.1) is 18.6 Å². The quantitative estimate of drug-likeness (QED) is 0.487. The van der Waals surface area contributed by atoms with Crippen molar-refractivity contribution in [2.24, 2.45) is 11.8 Å². The van der Waals surface area contributed by atoms with Crippen LogP contribution < -0.4 is 0 Å². The molecule has 0 aromatic heterocycles. The molecular formula is C22H36O4. The van der Waals surface area contributed by atoms with Crippen LogP contribution in [-0.2, 0) is 20.7 Å². The average Bonchev–Trinajstić information content (AvgIpc) is 2.53. The van der Waals surface area contributed by atoms with Crippen LogP contribution in [-0.4, -0.2) is 29.6 Å². The molecule has 0 aliphatic rings. The van der Waals surface area contributed by atoms with Crippen molar-refractivity contribution in [2.75, 3.05) is 6.61 Å². The zero-order chi connectivity index (χ0) is 20.0. The topological polar surface area (TPSA) is 63.6 Å². The third-order valence-corrected chi connectivity index (χ3v) is 3.75. The van der Waals surface area contributed by atoms with Gasteiger partial charge in [-0.1, -0.05) is 63.9 Å². The third-order valence-electron chi connectivity index (χ3n) is 3.75. The molecule has 0 heterocycles. The summed E-state index contributed by atoms with van der Waals surface area (Å²) in [4.78, 5) is 21.4. The molecule has 1 rings (SSSR count). The monoisotopic (exact) mass is 364 g/mol. The standard InChI is InChI=1S/C12H16O2.C10H20O2/c1-10(2)9-14-12(13)8-11-6-4-3-5-7-11;1-9(6-8-11)5-4-7-10(2,3)12/h3-7,10H,8-9H2,1-2H3;8-9,12H,4-7H2,1-3H3. The molecule has 0 fully saturated rings. The first-order valence-corrected chi connectivity index (χ1v) is 9.49. The Labute approximate surface area is 159 Å². The van der Waals surface area contributed by atoms with Crippen molar-refractivity contribution in [1.29, 1.82) is 0 Å². The Morgan fingerprint density at radius 1 is 1.19 bits per heavy atom. The van der Waals surface area contributed by atoms with Gasteiger partial charge >= 0.3 is 5.97 Å². The van der Waals surface area contributed by atoms with Gasteiger partial charge in [-0.3, -0.25) is 4.79 Å². The van der Waals surface area contributed by atoms with E-state index in [1.54, 1.807) is 0 Å². The lowest BCUT2D eigenvalue weighted by atomic mass is 9.96. The van der Waals surface area contributed by atoms with Crippen LogP contribution >= 0.6 is 0 Å². The van der Waals surface area contributed by atoms with E-state index in [0.29, 0.717) is 31.3 Å². The van der Waals surface area contributed by atoms with Crippen LogP contribution in [0.15, 0.2) is 30.3 Å². The van der Waals surface area contributed by atoms with Gasteiger partial charge in [0.25, 0.3) is 0 Å². The second-order valence-corrected chi connectivity index (χ2v) is 7.95. The van der Waals surface area contributed by atoms with Gasteiger partial charge in [0.2, 0.25) is 0 Å². The van der Waals surface area contributed by atoms with Crippen molar-refractivity contribution in [3.8, 4) is 0 Å². The van der Waals surface area contributed by atoms with E-state index in [4.69, 9.17) is 4.74 Å². The van der Waals surface area contributed by atoms with E-state index in [2.05, 4.69) is 6.92 Å². The molecule has 0 aliphatic heterocycles. The molecule has 1 N–H and O–H groups in total. The number of aliphatic hydroxyl groups is 1. The number of ether oxygens (including phenoxy) is 1. The van der Waals surface area contributed by atoms with Crippen LogP contribution in [0.4, 0.5) is 0 Å². The number of benzene rings is 1. The summed E-state index contributed by atoms with van der Waals surface area (Å²) in [5.41, 5.74) is 0.446. The van der Waals surface area contributed by atoms with E-state index < -0.39 is 5.60 Å². The molecule has 1 unspecified atom stereocenters. The zero-order valence-electron chi connectivity index (χ0n) is 17.0. The van der Waals surface area contributed by atoms with Gasteiger partial charge in [-0.2, -0.15) is 0 Å². The first-order chi connectivity index (χ1) is 12.1. The highest BCUT2D eigenvalue weighted by molar-refractivity contribution is 5.72. The van der Waals surface area contributed by atoms with Crippen molar-refractivity contribution in [3.05, 3.63) is 35.9 Å². The van der Waals surface area contributed by atoms with Crippen LogP contribution in [0.25, 0.3) is 0 Å². The highest BCUT2D eigenvalue weighted by Gasteiger charge is 2.12. The molecule has 0 bridgehead atoms. The molecule has 4 nitrogen and oxygen atoms in total. The van der Waals surface area contributed by atoms with Crippen LogP contribution in [0.3, 0.4) is 0 Å². The molecule has 4 heteroatoms. The molecule has 26 heavy (non-hydrogen) atoms. The number of esters is 1. The van der Waals surface area contributed by atoms with E-state index in [-0.39, 0.29) is 5.97 Å². The predicted octanol–water partition coefficient (Wildman–Crippen LogP) is 4.58. The lowest BCUT2D eigenvalue weighted by Gasteiger charge is -2.17. The first-order valence-electron chi connectivity index (χ1n) is 9.49. The Hall–Kier alpha value is -1.68. The van der Waals surface area contributed by atoms with Crippen LogP contribution in [0.5, 0.6) is 0 Å². The van der Waals surface area contributed by atoms with Gasteiger partial charge in [0, 0.05) is 6.42 Å². The fourth-order valence-corrected chi connectivity index (χ4v) is 2.24. The highest BCUT2D eigenvalue weighted by Crippen LogP contribution is 2.16. The van der Waals surface area contributed by atoms with Gasteiger partial charge in [0.15, 0.2) is 0 Å². The Balaban J connectivity index is 0.000000488. The Morgan fingerprint density at radius 3 is 2.31 bits per heavy atom. The van der Waals surface area contributed by atoms with Crippen LogP contribution in [0.1, 0.15) is 65.9 Å². The second kappa shape index (κ2) is 13.5. The molecule has 0 saturated carbocycles. The number of hydrogen-bond acceptors (Lipinski definition) is 4. The molecule has 1 atom stereocenters. The summed E-state index contributed by atoms with van der Waals surface area (Å²) in [6, 6.07) is 9.63. The fraction of sp³-hybridized carbons (Fsp3) is 0.636. The van der Waals surface area contributed by atoms with E-state index >= 15 is 0 Å². The third kappa shape index (κ3) is 15.8. The van der Waals surface area contributed by atoms with Crippen molar-refractivity contribution < 1.29 is 19.4 Å². The maximum absolute atomic E-state index is 11.3. The summed E-state index contributed by atoms with van der Waals surface area (Å²) in [5.74, 6) is 0.712. The summed E-state index contributed by atoms with van der Waals surface area (Å²) < 4.78 is 5.07. The second-order valence-electron chi connectivity index (χ2n) is 7.95. The molecule has 0 spiro atoms. The average molecular weight is 365 g/mol. The summed E-state index contributed by atoms with van der Waals surface area (Å²) in [6.07, 6.45) is 4.83. The van der Waals surface area contributed by atoms with Crippen molar-refractivity contribution >= 4 is 12.3 Å². The van der Waals surface area contributed by atoms with E-state index in [1.807, 2.05) is 58.0 Å². The summed E-state index contributed by atoms with van der Waals surface area (Å²) in [5, 5.41) is 9.39. The van der Waals surface area contributed by atoms with E-state index in [1.165, 1.54) is 0 Å². The van der Waals surface area contributed by atoms with Gasteiger partial charge in [-0.05, 0) is 37.7 Å². The highest BCUT2D eigenvalue weighted by atomic mass is 16.5. The zero-order valence-corrected chi connectivity index (χ0v) is 17.0. The van der Waals surface area contributed by atoms with Crippen molar-refractivity contribution in [3.63, 3.8) is 0 Å². The minimum atomic E-state index is -0.555. The van der Waals surface area contributed by atoms with Gasteiger partial charge < -0.3 is 14.6 Å². The molecule has 0 aliphatic carbocycles. The Morgan fingerprint density at radius 2 is 1.81 bits per heavy atom. The maximum atomic E-state index is 11.3. The Kier molecular flexibility index (Phi) is 12.6. The normalized spacial score (nSPS) is 12.1. The van der Waals surface area contributed by atoms with Gasteiger partial charge in [0.1, 0.15) is 6.29 Å². The lowest BCUT2D eigenvalue weighted by molar-refractivity contribution is -0.143. The van der Waals surface area contributed by atoms with Crippen LogP contribution in [0, 0.1) is 11.8 Å². The lowest BCUT2D eigenvalue weighted by Crippen LogP contribution is -2.18. The summed E-state index contributed by atoms with van der Waals surface area (Å²) >= 11 is 0. The molecule has 0 saturated heterocycles. The Bertz CT molecular complexity index is 489. The number of carbonyl (C=O) groups excluding carboxylic acids is 2. The smallest absolute Gasteiger partial charge is 0.310 e. The number of hydrogen-bond donors (Lipinski definition) is 1. The van der Waals surface area contributed by atoms with E-state index in [9.17, 15) is 14.7 Å². The summed E-state index contributed by atoms with van der Waals surface area (Å²) in [6.45, 7) is 10.3. The van der Waals surface area contributed by atoms with E-state index in [0.717, 1.165) is 31.1 Å². The van der Waals surface area contributed by atoms with Crippen molar-refractivity contribution in [2.45, 2.75) is 72.3 Å². The van der Waals surface area contributed by atoms with Crippen molar-refractivity contribution in [1.82, 2.24) is 0 Å². The molecule has 1 aromatic carbocycles. The first kappa shape index (κ1) is 24.3. The van der Waals surface area contributed by atoms with Gasteiger partial charge in [-0.25, -0.2) is 0 Å². The summed E-state index contributed by atoms with van der Waals surface area (Å²) in [7, 11) is 0. The minimum Gasteiger partial charge on any atom is -0.465 e. The molecule has 0 radical (unpaired) electrons. The molecular weight excluding hydrogens is 328 g/mol. The molecule has 1 aromatic rings. The number of rotatable bonds is 10. The minimum absolute atomic E-state index is 0.148. The largest absolute Gasteiger partial charge is 0.465 e. The number of carbonyl (C=O) groups is 2. The van der Waals surface area contributed by atoms with Crippen LogP contribution in [0.2, 0.25) is 0 Å². The van der Waals surface area contributed by atoms with Gasteiger partial charge in [-0.15, -0.1) is 0 Å². The predicted molar refractivity (Wildman–Crippen MR) is 106 cm³/mol. The SMILES string of the molecule is CC(C)COC(=O)Cc1ccccc1.CC(CC=O)CCCC(C)(C)O. The molecule has 0 amide bonds. The molecule has 148 valence electrons. The number of aldehydes is 1. The fourth-order valence-electron chi connectivity index (χ4n) is 2.24. The maximum Gasteiger partial charge on any atom is 0.310 e.